The average molecular weight is 396 g/mol. The first-order chi connectivity index (χ1) is 14.0. The van der Waals surface area contributed by atoms with Gasteiger partial charge in [0.05, 0.1) is 29.5 Å². The molecule has 1 aliphatic rings. The molecular weight excluding hydrogens is 375 g/mol. The van der Waals surface area contributed by atoms with Gasteiger partial charge >= 0.3 is 0 Å². The summed E-state index contributed by atoms with van der Waals surface area (Å²) in [5.74, 6) is 1.15. The van der Waals surface area contributed by atoms with Crippen LogP contribution in [0, 0.1) is 5.82 Å². The molecule has 4 aromatic heterocycles. The number of hydrogen-bond acceptors (Lipinski definition) is 7. The lowest BCUT2D eigenvalue weighted by Gasteiger charge is -2.20. The van der Waals surface area contributed by atoms with Crippen LogP contribution in [0.5, 0.6) is 0 Å². The number of aromatic amines is 1. The molecule has 3 N–H and O–H groups in total. The monoisotopic (exact) mass is 396 g/mol. The molecule has 4 heterocycles. The van der Waals surface area contributed by atoms with E-state index in [1.54, 1.807) is 24.2 Å². The van der Waals surface area contributed by atoms with Crippen molar-refractivity contribution in [2.45, 2.75) is 38.3 Å². The van der Waals surface area contributed by atoms with Gasteiger partial charge in [-0.3, -0.25) is 0 Å². The SMILES string of the molecule is CNc1nc(Nc2cc(C(C)(C)n3nccn3)nn2C2CC2)nc2[nH]cc(F)c12. The number of anilines is 3. The van der Waals surface area contributed by atoms with E-state index in [0.29, 0.717) is 28.8 Å². The quantitative estimate of drug-likeness (QED) is 0.459. The standard InChI is InChI=1S/C18H21FN10/c1-18(2,29-22-6-7-23-29)12-8-13(28(27-12)10-4-5-10)24-17-25-15(20-3)14-11(19)9-21-16(14)26-17/h6-10H,4-5H2,1-3H3,(H3,20,21,24,25,26). The zero-order valence-electron chi connectivity index (χ0n) is 16.3. The Bertz CT molecular complexity index is 1170. The second kappa shape index (κ2) is 6.26. The van der Waals surface area contributed by atoms with Crippen LogP contribution >= 0.6 is 0 Å². The molecule has 1 saturated carbocycles. The highest BCUT2D eigenvalue weighted by Gasteiger charge is 2.33. The van der Waals surface area contributed by atoms with E-state index in [1.165, 1.54) is 6.20 Å². The first kappa shape index (κ1) is 17.6. The zero-order chi connectivity index (χ0) is 20.2. The third kappa shape index (κ3) is 2.89. The zero-order valence-corrected chi connectivity index (χ0v) is 16.3. The van der Waals surface area contributed by atoms with Crippen molar-refractivity contribution in [2.75, 3.05) is 17.7 Å². The Hall–Kier alpha value is -3.50. The average Bonchev–Trinajstić information content (AvgIpc) is 3.10. The lowest BCUT2D eigenvalue weighted by Crippen LogP contribution is -2.30. The van der Waals surface area contributed by atoms with Crippen molar-refractivity contribution in [2.24, 2.45) is 0 Å². The van der Waals surface area contributed by atoms with Crippen molar-refractivity contribution >= 4 is 28.6 Å². The Kier molecular flexibility index (Phi) is 3.80. The first-order valence-corrected chi connectivity index (χ1v) is 9.43. The highest BCUT2D eigenvalue weighted by Crippen LogP contribution is 2.39. The summed E-state index contributed by atoms with van der Waals surface area (Å²) in [4.78, 5) is 13.3. The van der Waals surface area contributed by atoms with E-state index in [9.17, 15) is 4.39 Å². The maximum atomic E-state index is 14.0. The molecule has 29 heavy (non-hydrogen) atoms. The van der Waals surface area contributed by atoms with Gasteiger partial charge in [-0.05, 0) is 26.7 Å². The van der Waals surface area contributed by atoms with Crippen LogP contribution in [0.4, 0.5) is 22.0 Å². The molecule has 4 aromatic rings. The van der Waals surface area contributed by atoms with Crippen molar-refractivity contribution in [3.8, 4) is 0 Å². The topological polar surface area (TPSA) is 114 Å². The van der Waals surface area contributed by atoms with Gasteiger partial charge in [-0.2, -0.15) is 30.1 Å². The fourth-order valence-electron chi connectivity index (χ4n) is 3.34. The molecule has 5 rings (SSSR count). The third-order valence-corrected chi connectivity index (χ3v) is 5.13. The Morgan fingerprint density at radius 1 is 1.21 bits per heavy atom. The predicted molar refractivity (Wildman–Crippen MR) is 106 cm³/mol. The van der Waals surface area contributed by atoms with E-state index in [1.807, 2.05) is 24.6 Å². The van der Waals surface area contributed by atoms with Crippen LogP contribution in [0.15, 0.2) is 24.7 Å². The molecule has 0 bridgehead atoms. The van der Waals surface area contributed by atoms with E-state index in [-0.39, 0.29) is 0 Å². The molecule has 0 aliphatic heterocycles. The fraction of sp³-hybridized carbons (Fsp3) is 0.389. The molecule has 1 fully saturated rings. The molecule has 1 aliphatic carbocycles. The van der Waals surface area contributed by atoms with Gasteiger partial charge in [-0.1, -0.05) is 0 Å². The van der Waals surface area contributed by atoms with Crippen LogP contribution in [-0.4, -0.2) is 46.8 Å². The minimum Gasteiger partial charge on any atom is -0.372 e. The fourth-order valence-corrected chi connectivity index (χ4v) is 3.34. The number of rotatable bonds is 6. The van der Waals surface area contributed by atoms with Gasteiger partial charge in [-0.15, -0.1) is 0 Å². The Balaban J connectivity index is 1.55. The van der Waals surface area contributed by atoms with E-state index in [4.69, 9.17) is 5.10 Å². The largest absolute Gasteiger partial charge is 0.372 e. The molecule has 0 amide bonds. The molecule has 0 radical (unpaired) electrons. The molecular formula is C18H21FN10. The summed E-state index contributed by atoms with van der Waals surface area (Å²) in [5.41, 5.74) is 0.718. The summed E-state index contributed by atoms with van der Waals surface area (Å²) in [7, 11) is 1.70. The van der Waals surface area contributed by atoms with Crippen LogP contribution in [0.25, 0.3) is 11.0 Å². The summed E-state index contributed by atoms with van der Waals surface area (Å²) >= 11 is 0. The molecule has 0 saturated heterocycles. The van der Waals surface area contributed by atoms with Crippen LogP contribution in [0.1, 0.15) is 38.4 Å². The van der Waals surface area contributed by atoms with E-state index >= 15 is 0 Å². The molecule has 11 heteroatoms. The van der Waals surface area contributed by atoms with Crippen LogP contribution in [0.3, 0.4) is 0 Å². The Morgan fingerprint density at radius 3 is 2.66 bits per heavy atom. The van der Waals surface area contributed by atoms with Crippen LogP contribution < -0.4 is 10.6 Å². The summed E-state index contributed by atoms with van der Waals surface area (Å²) in [5, 5.41) is 19.9. The summed E-state index contributed by atoms with van der Waals surface area (Å²) in [6, 6.07) is 2.30. The van der Waals surface area contributed by atoms with Gasteiger partial charge in [-0.25, -0.2) is 9.07 Å². The van der Waals surface area contributed by atoms with Gasteiger partial charge in [0.25, 0.3) is 0 Å². The minimum atomic E-state index is -0.524. The van der Waals surface area contributed by atoms with E-state index in [0.717, 1.165) is 24.4 Å². The summed E-state index contributed by atoms with van der Waals surface area (Å²) in [6.07, 6.45) is 6.71. The molecule has 150 valence electrons. The lowest BCUT2D eigenvalue weighted by atomic mass is 10.0. The first-order valence-electron chi connectivity index (χ1n) is 9.43. The second-order valence-electron chi connectivity index (χ2n) is 7.60. The lowest BCUT2D eigenvalue weighted by molar-refractivity contribution is 0.331. The highest BCUT2D eigenvalue weighted by molar-refractivity contribution is 5.88. The molecule has 0 aromatic carbocycles. The maximum Gasteiger partial charge on any atom is 0.232 e. The molecule has 0 atom stereocenters. The van der Waals surface area contributed by atoms with Gasteiger partial charge in [0.2, 0.25) is 5.95 Å². The Labute approximate surface area is 165 Å². The molecule has 0 unspecified atom stereocenters. The van der Waals surface area contributed by atoms with Gasteiger partial charge in [0.15, 0.2) is 5.82 Å². The summed E-state index contributed by atoms with van der Waals surface area (Å²) in [6.45, 7) is 4.03. The number of fused-ring (bicyclic) bond motifs is 1. The van der Waals surface area contributed by atoms with E-state index < -0.39 is 11.4 Å². The van der Waals surface area contributed by atoms with E-state index in [2.05, 4.69) is 35.8 Å². The minimum absolute atomic E-state index is 0.334. The number of halogens is 1. The second-order valence-corrected chi connectivity index (χ2v) is 7.60. The van der Waals surface area contributed by atoms with Crippen molar-refractivity contribution in [3.05, 3.63) is 36.2 Å². The smallest absolute Gasteiger partial charge is 0.232 e. The molecule has 10 nitrogen and oxygen atoms in total. The number of hydrogen-bond donors (Lipinski definition) is 3. The number of H-pyrrole nitrogens is 1. The number of nitrogens with one attached hydrogen (secondary N) is 3. The maximum absolute atomic E-state index is 14.0. The Morgan fingerprint density at radius 2 is 1.97 bits per heavy atom. The van der Waals surface area contributed by atoms with Crippen molar-refractivity contribution in [1.82, 2.24) is 39.7 Å². The van der Waals surface area contributed by atoms with Gasteiger partial charge < -0.3 is 15.6 Å². The van der Waals surface area contributed by atoms with Gasteiger partial charge in [0, 0.05) is 19.3 Å². The van der Waals surface area contributed by atoms with Gasteiger partial charge in [0.1, 0.15) is 22.8 Å². The number of aromatic nitrogens is 8. The predicted octanol–water partition coefficient (Wildman–Crippen LogP) is 2.79. The van der Waals surface area contributed by atoms with Crippen molar-refractivity contribution < 1.29 is 4.39 Å². The van der Waals surface area contributed by atoms with Crippen LogP contribution in [0.2, 0.25) is 0 Å². The summed E-state index contributed by atoms with van der Waals surface area (Å²) < 4.78 is 16.0. The molecule has 0 spiro atoms. The number of nitrogens with zero attached hydrogens (tertiary/aromatic N) is 7. The third-order valence-electron chi connectivity index (χ3n) is 5.13. The normalized spacial score (nSPS) is 14.5. The van der Waals surface area contributed by atoms with Crippen molar-refractivity contribution in [3.63, 3.8) is 0 Å². The highest BCUT2D eigenvalue weighted by atomic mass is 19.1. The van der Waals surface area contributed by atoms with Crippen molar-refractivity contribution in [1.29, 1.82) is 0 Å². The van der Waals surface area contributed by atoms with Crippen LogP contribution in [-0.2, 0) is 5.54 Å².